The van der Waals surface area contributed by atoms with Gasteiger partial charge in [-0.25, -0.2) is 4.79 Å². The van der Waals surface area contributed by atoms with Crippen molar-refractivity contribution in [1.82, 2.24) is 10.2 Å². The van der Waals surface area contributed by atoms with E-state index in [2.05, 4.69) is 50.5 Å². The van der Waals surface area contributed by atoms with Gasteiger partial charge in [-0.1, -0.05) is 60.7 Å². The van der Waals surface area contributed by atoms with Crippen molar-refractivity contribution >= 4 is 63.2 Å². The number of nitrogens with zero attached hydrogens (tertiary/aromatic N) is 1. The zero-order valence-electron chi connectivity index (χ0n) is 16.3. The third-order valence-electron chi connectivity index (χ3n) is 4.70. The summed E-state index contributed by atoms with van der Waals surface area (Å²) in [7, 11) is 0. The highest BCUT2D eigenvalue weighted by Crippen LogP contribution is 2.31. The van der Waals surface area contributed by atoms with Gasteiger partial charge in [-0.05, 0) is 80.1 Å². The average Bonchev–Trinajstić information content (AvgIpc) is 3.02. The second-order valence-electron chi connectivity index (χ2n) is 6.95. The molecule has 31 heavy (non-hydrogen) atoms. The molecule has 0 atom stereocenters. The maximum Gasteiger partial charge on any atom is 0.329 e. The maximum absolute atomic E-state index is 12.8. The van der Waals surface area contributed by atoms with E-state index in [0.717, 1.165) is 29.6 Å². The molecule has 156 valence electrons. The van der Waals surface area contributed by atoms with E-state index in [0.29, 0.717) is 6.61 Å². The molecule has 0 aromatic heterocycles. The van der Waals surface area contributed by atoms with E-state index in [4.69, 9.17) is 4.74 Å². The van der Waals surface area contributed by atoms with Crippen LogP contribution in [0.15, 0.2) is 78.5 Å². The summed E-state index contributed by atoms with van der Waals surface area (Å²) in [6.45, 7) is 0.723. The van der Waals surface area contributed by atoms with Crippen LogP contribution in [0.4, 0.5) is 4.79 Å². The molecule has 1 aliphatic heterocycles. The fourth-order valence-corrected chi connectivity index (χ4v) is 5.31. The van der Waals surface area contributed by atoms with Gasteiger partial charge in [0.05, 0.1) is 13.7 Å². The Labute approximate surface area is 207 Å². The smallest absolute Gasteiger partial charge is 0.329 e. The standard InChI is InChI=1S/C24H18I2N2O3/c25-19-11-18(12-20(26)22(19)31-15-17-9-5-2-6-10-17)13-21-23(29)28(24(30)27-21)14-16-7-3-1-4-8-16/h1-13H,14-15H2,(H,27,30)/b21-13+. The number of amides is 3. The molecule has 0 saturated carbocycles. The average molecular weight is 636 g/mol. The Bertz CT molecular complexity index is 1120. The van der Waals surface area contributed by atoms with Crippen molar-refractivity contribution in [2.45, 2.75) is 13.2 Å². The van der Waals surface area contributed by atoms with Crippen LogP contribution in [0.1, 0.15) is 16.7 Å². The Balaban J connectivity index is 1.50. The van der Waals surface area contributed by atoms with Gasteiger partial charge in [-0.3, -0.25) is 9.69 Å². The van der Waals surface area contributed by atoms with Crippen LogP contribution >= 0.6 is 45.2 Å². The number of imide groups is 1. The molecule has 7 heteroatoms. The molecule has 1 N–H and O–H groups in total. The molecule has 4 rings (SSSR count). The number of benzene rings is 3. The number of nitrogens with one attached hydrogen (secondary N) is 1. The molecule has 3 amide bonds. The minimum atomic E-state index is -0.410. The van der Waals surface area contributed by atoms with Crippen molar-refractivity contribution in [3.63, 3.8) is 0 Å². The van der Waals surface area contributed by atoms with Gasteiger partial charge in [0.15, 0.2) is 0 Å². The number of halogens is 2. The number of hydrogen-bond donors (Lipinski definition) is 1. The summed E-state index contributed by atoms with van der Waals surface area (Å²) in [5.41, 5.74) is 3.09. The van der Waals surface area contributed by atoms with Gasteiger partial charge in [-0.15, -0.1) is 0 Å². The fraction of sp³-hybridized carbons (Fsp3) is 0.0833. The molecule has 5 nitrogen and oxygen atoms in total. The summed E-state index contributed by atoms with van der Waals surface area (Å²) >= 11 is 4.46. The fourth-order valence-electron chi connectivity index (χ4n) is 3.18. The molecular formula is C24H18I2N2O3. The van der Waals surface area contributed by atoms with E-state index in [1.807, 2.05) is 72.8 Å². The highest BCUT2D eigenvalue weighted by Gasteiger charge is 2.33. The molecule has 1 heterocycles. The van der Waals surface area contributed by atoms with E-state index < -0.39 is 6.03 Å². The molecule has 1 aliphatic rings. The van der Waals surface area contributed by atoms with Gasteiger partial charge < -0.3 is 10.1 Å². The second kappa shape index (κ2) is 9.82. The first-order valence-corrected chi connectivity index (χ1v) is 11.7. The Kier molecular flexibility index (Phi) is 6.91. The predicted molar refractivity (Wildman–Crippen MR) is 136 cm³/mol. The zero-order valence-corrected chi connectivity index (χ0v) is 20.7. The molecular weight excluding hydrogens is 618 g/mol. The van der Waals surface area contributed by atoms with E-state index >= 15 is 0 Å². The lowest BCUT2D eigenvalue weighted by atomic mass is 10.1. The lowest BCUT2D eigenvalue weighted by Crippen LogP contribution is -2.30. The normalized spacial score (nSPS) is 14.8. The van der Waals surface area contributed by atoms with Crippen molar-refractivity contribution in [3.05, 3.63) is 102 Å². The summed E-state index contributed by atoms with van der Waals surface area (Å²) in [6, 6.07) is 22.9. The zero-order chi connectivity index (χ0) is 21.8. The van der Waals surface area contributed by atoms with Crippen LogP contribution in [0.3, 0.4) is 0 Å². The van der Waals surface area contributed by atoms with Crippen molar-refractivity contribution in [1.29, 1.82) is 0 Å². The van der Waals surface area contributed by atoms with Crippen molar-refractivity contribution < 1.29 is 14.3 Å². The van der Waals surface area contributed by atoms with Gasteiger partial charge in [0.2, 0.25) is 0 Å². The van der Waals surface area contributed by atoms with Crippen LogP contribution in [0.5, 0.6) is 5.75 Å². The third kappa shape index (κ3) is 5.27. The maximum atomic E-state index is 12.8. The Morgan fingerprint density at radius 2 is 1.45 bits per heavy atom. The highest BCUT2D eigenvalue weighted by atomic mass is 127. The quantitative estimate of drug-likeness (QED) is 0.219. The molecule has 3 aromatic rings. The van der Waals surface area contributed by atoms with E-state index in [-0.39, 0.29) is 18.1 Å². The van der Waals surface area contributed by atoms with Crippen LogP contribution in [-0.2, 0) is 17.9 Å². The summed E-state index contributed by atoms with van der Waals surface area (Å²) in [5, 5.41) is 2.69. The summed E-state index contributed by atoms with van der Waals surface area (Å²) < 4.78 is 7.89. The van der Waals surface area contributed by atoms with E-state index in [9.17, 15) is 9.59 Å². The minimum Gasteiger partial charge on any atom is -0.487 e. The number of carbonyl (C=O) groups excluding carboxylic acids is 2. The molecule has 0 spiro atoms. The third-order valence-corrected chi connectivity index (χ3v) is 6.31. The second-order valence-corrected chi connectivity index (χ2v) is 9.28. The molecule has 0 aliphatic carbocycles. The van der Waals surface area contributed by atoms with Crippen LogP contribution < -0.4 is 10.1 Å². The number of rotatable bonds is 6. The van der Waals surface area contributed by atoms with Gasteiger partial charge in [0.25, 0.3) is 5.91 Å². The molecule has 1 saturated heterocycles. The number of urea groups is 1. The van der Waals surface area contributed by atoms with Crippen molar-refractivity contribution in [2.75, 3.05) is 0 Å². The number of ether oxygens (including phenoxy) is 1. The lowest BCUT2D eigenvalue weighted by molar-refractivity contribution is -0.123. The topological polar surface area (TPSA) is 58.6 Å². The Hall–Kier alpha value is -2.40. The largest absolute Gasteiger partial charge is 0.487 e. The highest BCUT2D eigenvalue weighted by molar-refractivity contribution is 14.1. The summed E-state index contributed by atoms with van der Waals surface area (Å²) in [4.78, 5) is 26.3. The monoisotopic (exact) mass is 636 g/mol. The Morgan fingerprint density at radius 3 is 2.06 bits per heavy atom. The van der Waals surface area contributed by atoms with Gasteiger partial charge in [0, 0.05) is 0 Å². The molecule has 0 radical (unpaired) electrons. The molecule has 1 fully saturated rings. The summed E-state index contributed by atoms with van der Waals surface area (Å²) in [6.07, 6.45) is 1.70. The molecule has 0 unspecified atom stereocenters. The van der Waals surface area contributed by atoms with Gasteiger partial charge in [0.1, 0.15) is 18.1 Å². The van der Waals surface area contributed by atoms with Crippen LogP contribution in [-0.4, -0.2) is 16.8 Å². The molecule has 0 bridgehead atoms. The number of carbonyl (C=O) groups is 2. The van der Waals surface area contributed by atoms with E-state index in [1.165, 1.54) is 4.90 Å². The first kappa shape index (κ1) is 21.8. The summed E-state index contributed by atoms with van der Waals surface area (Å²) in [5.74, 6) is 0.475. The first-order valence-electron chi connectivity index (χ1n) is 9.55. The van der Waals surface area contributed by atoms with Crippen LogP contribution in [0.2, 0.25) is 0 Å². The van der Waals surface area contributed by atoms with Crippen molar-refractivity contribution in [2.24, 2.45) is 0 Å². The van der Waals surface area contributed by atoms with Crippen LogP contribution in [0, 0.1) is 7.14 Å². The van der Waals surface area contributed by atoms with Crippen molar-refractivity contribution in [3.8, 4) is 5.75 Å². The Morgan fingerprint density at radius 1 is 0.871 bits per heavy atom. The SMILES string of the molecule is O=C1N/C(=C/c2cc(I)c(OCc3ccccc3)c(I)c2)C(=O)N1Cc1ccccc1. The predicted octanol–water partition coefficient (Wildman–Crippen LogP) is 5.57. The molecule has 3 aromatic carbocycles. The van der Waals surface area contributed by atoms with Crippen LogP contribution in [0.25, 0.3) is 6.08 Å². The van der Waals surface area contributed by atoms with E-state index in [1.54, 1.807) is 6.08 Å². The lowest BCUT2D eigenvalue weighted by Gasteiger charge is -2.12. The van der Waals surface area contributed by atoms with Gasteiger partial charge in [-0.2, -0.15) is 0 Å². The van der Waals surface area contributed by atoms with Gasteiger partial charge >= 0.3 is 6.03 Å². The number of hydrogen-bond acceptors (Lipinski definition) is 3. The first-order chi connectivity index (χ1) is 15.0. The minimum absolute atomic E-state index is 0.240.